The van der Waals surface area contributed by atoms with Gasteiger partial charge in [-0.25, -0.2) is 8.78 Å². The fourth-order valence-corrected chi connectivity index (χ4v) is 4.42. The maximum Gasteiger partial charge on any atom is 0.272 e. The lowest BCUT2D eigenvalue weighted by molar-refractivity contribution is -0.146. The van der Waals surface area contributed by atoms with Crippen molar-refractivity contribution < 1.29 is 18.4 Å². The minimum Gasteiger partial charge on any atom is -0.335 e. The van der Waals surface area contributed by atoms with Crippen LogP contribution in [0.4, 0.5) is 8.78 Å². The number of carbonyl (C=O) groups is 2. The standard InChI is InChI=1S/C18H22ClF2N3O2/c1-10(25)23(2)16-15-7-6-14(11-4-3-5-12(19)8-11)24(15)17(26)13(22)9-18(16,20)21/h3-5,8,13-16H,6-7,9,22H2,1-2H3/t13-,14+,15-,16?/m1/s1. The second kappa shape index (κ2) is 6.78. The summed E-state index contributed by atoms with van der Waals surface area (Å²) in [6, 6.07) is 3.16. The van der Waals surface area contributed by atoms with Gasteiger partial charge in [-0.1, -0.05) is 23.7 Å². The molecule has 4 atom stereocenters. The number of rotatable bonds is 2. The molecule has 0 saturated carbocycles. The molecule has 1 aromatic rings. The molecule has 2 aliphatic heterocycles. The van der Waals surface area contributed by atoms with Crippen molar-refractivity contribution >= 4 is 23.4 Å². The van der Waals surface area contributed by atoms with Crippen molar-refractivity contribution in [3.8, 4) is 0 Å². The molecule has 0 bridgehead atoms. The van der Waals surface area contributed by atoms with Crippen LogP contribution in [0.25, 0.3) is 0 Å². The first kappa shape index (κ1) is 19.0. The van der Waals surface area contributed by atoms with Crippen molar-refractivity contribution in [2.75, 3.05) is 7.05 Å². The highest BCUT2D eigenvalue weighted by Crippen LogP contribution is 2.45. The molecule has 0 aromatic heterocycles. The minimum absolute atomic E-state index is 0.369. The van der Waals surface area contributed by atoms with Crippen LogP contribution >= 0.6 is 11.6 Å². The first-order valence-electron chi connectivity index (χ1n) is 8.58. The summed E-state index contributed by atoms with van der Waals surface area (Å²) in [6.07, 6.45) is 0.110. The molecule has 2 aliphatic rings. The van der Waals surface area contributed by atoms with Crippen LogP contribution in [0.2, 0.25) is 5.02 Å². The summed E-state index contributed by atoms with van der Waals surface area (Å²) in [4.78, 5) is 27.2. The number of nitrogens with zero attached hydrogens (tertiary/aromatic N) is 2. The number of hydrogen-bond donors (Lipinski definition) is 1. The van der Waals surface area contributed by atoms with Crippen molar-refractivity contribution in [3.05, 3.63) is 34.9 Å². The number of alkyl halides is 2. The SMILES string of the molecule is CC(=O)N(C)C1[C@H]2CC[C@@H](c3cccc(Cl)c3)N2C(=O)[C@H](N)CC1(F)F. The second-order valence-corrected chi connectivity index (χ2v) is 7.54. The van der Waals surface area contributed by atoms with Gasteiger partial charge in [0.25, 0.3) is 5.92 Å². The highest BCUT2D eigenvalue weighted by atomic mass is 35.5. The molecular formula is C18H22ClF2N3O2. The Hall–Kier alpha value is -1.73. The smallest absolute Gasteiger partial charge is 0.272 e. The molecule has 2 N–H and O–H groups in total. The van der Waals surface area contributed by atoms with Crippen LogP contribution < -0.4 is 5.73 Å². The van der Waals surface area contributed by atoms with Gasteiger partial charge in [-0.05, 0) is 30.5 Å². The lowest BCUT2D eigenvalue weighted by Gasteiger charge is -2.39. The van der Waals surface area contributed by atoms with E-state index in [0.29, 0.717) is 17.9 Å². The number of fused-ring (bicyclic) bond motifs is 1. The molecule has 1 aromatic carbocycles. The van der Waals surface area contributed by atoms with Gasteiger partial charge in [0.05, 0.1) is 18.1 Å². The van der Waals surface area contributed by atoms with Crippen molar-refractivity contribution in [1.82, 2.24) is 9.80 Å². The van der Waals surface area contributed by atoms with Crippen molar-refractivity contribution in [1.29, 1.82) is 0 Å². The van der Waals surface area contributed by atoms with E-state index >= 15 is 0 Å². The highest BCUT2D eigenvalue weighted by molar-refractivity contribution is 6.30. The minimum atomic E-state index is -3.25. The molecule has 2 fully saturated rings. The fourth-order valence-electron chi connectivity index (χ4n) is 4.22. The Labute approximate surface area is 156 Å². The van der Waals surface area contributed by atoms with Gasteiger partial charge in [0, 0.05) is 25.4 Å². The van der Waals surface area contributed by atoms with E-state index in [2.05, 4.69) is 0 Å². The molecule has 2 amide bonds. The van der Waals surface area contributed by atoms with Crippen LogP contribution in [0.5, 0.6) is 0 Å². The number of likely N-dealkylation sites (N-methyl/N-ethyl adjacent to an activating group) is 1. The molecule has 1 unspecified atom stereocenters. The van der Waals surface area contributed by atoms with Crippen LogP contribution in [0, 0.1) is 0 Å². The zero-order valence-electron chi connectivity index (χ0n) is 14.7. The molecule has 0 spiro atoms. The van der Waals surface area contributed by atoms with E-state index in [1.807, 2.05) is 6.07 Å². The normalized spacial score (nSPS) is 30.7. The molecular weight excluding hydrogens is 364 g/mol. The van der Waals surface area contributed by atoms with E-state index in [1.54, 1.807) is 18.2 Å². The van der Waals surface area contributed by atoms with Crippen LogP contribution in [0.1, 0.15) is 37.8 Å². The maximum absolute atomic E-state index is 14.9. The summed E-state index contributed by atoms with van der Waals surface area (Å²) in [5, 5.41) is 0.514. The number of benzene rings is 1. The van der Waals surface area contributed by atoms with E-state index in [1.165, 1.54) is 18.9 Å². The van der Waals surface area contributed by atoms with Crippen molar-refractivity contribution in [3.63, 3.8) is 0 Å². The summed E-state index contributed by atoms with van der Waals surface area (Å²) in [5.74, 6) is -4.22. The van der Waals surface area contributed by atoms with Gasteiger partial charge in [-0.3, -0.25) is 9.59 Å². The van der Waals surface area contributed by atoms with E-state index in [9.17, 15) is 18.4 Å². The van der Waals surface area contributed by atoms with Crippen LogP contribution in [-0.2, 0) is 9.59 Å². The van der Waals surface area contributed by atoms with Crippen LogP contribution in [0.15, 0.2) is 24.3 Å². The molecule has 142 valence electrons. The fraction of sp³-hybridized carbons (Fsp3) is 0.556. The third-order valence-electron chi connectivity index (χ3n) is 5.44. The molecule has 8 heteroatoms. The topological polar surface area (TPSA) is 66.6 Å². The van der Waals surface area contributed by atoms with E-state index in [0.717, 1.165) is 10.5 Å². The van der Waals surface area contributed by atoms with Crippen molar-refractivity contribution in [2.24, 2.45) is 5.73 Å². The van der Waals surface area contributed by atoms with Gasteiger partial charge in [-0.15, -0.1) is 0 Å². The zero-order chi connectivity index (χ0) is 19.2. The lowest BCUT2D eigenvalue weighted by Crippen LogP contribution is -2.57. The predicted octanol–water partition coefficient (Wildman–Crippen LogP) is 2.59. The third-order valence-corrected chi connectivity index (χ3v) is 5.67. The first-order chi connectivity index (χ1) is 12.1. The maximum atomic E-state index is 14.9. The van der Waals surface area contributed by atoms with Crippen LogP contribution in [0.3, 0.4) is 0 Å². The number of hydrogen-bond acceptors (Lipinski definition) is 3. The van der Waals surface area contributed by atoms with E-state index in [-0.39, 0.29) is 6.04 Å². The van der Waals surface area contributed by atoms with Gasteiger partial charge in [-0.2, -0.15) is 0 Å². The Bertz CT molecular complexity index is 730. The Morgan fingerprint density at radius 1 is 1.38 bits per heavy atom. The Balaban J connectivity index is 2.06. The average Bonchev–Trinajstić information content (AvgIpc) is 2.94. The monoisotopic (exact) mass is 385 g/mol. The Kier molecular flexibility index (Phi) is 4.96. The van der Waals surface area contributed by atoms with E-state index in [4.69, 9.17) is 17.3 Å². The van der Waals surface area contributed by atoms with Gasteiger partial charge >= 0.3 is 0 Å². The second-order valence-electron chi connectivity index (χ2n) is 7.11. The summed E-state index contributed by atoms with van der Waals surface area (Å²) < 4.78 is 29.8. The quantitative estimate of drug-likeness (QED) is 0.850. The molecule has 26 heavy (non-hydrogen) atoms. The highest BCUT2D eigenvalue weighted by Gasteiger charge is 2.57. The lowest BCUT2D eigenvalue weighted by atomic mass is 9.95. The first-order valence-corrected chi connectivity index (χ1v) is 8.95. The summed E-state index contributed by atoms with van der Waals surface area (Å²) >= 11 is 6.06. The molecule has 3 rings (SSSR count). The molecule has 0 radical (unpaired) electrons. The van der Waals surface area contributed by atoms with Crippen molar-refractivity contribution in [2.45, 2.75) is 56.3 Å². The van der Waals surface area contributed by atoms with Gasteiger partial charge in [0.1, 0.15) is 6.04 Å². The average molecular weight is 386 g/mol. The summed E-state index contributed by atoms with van der Waals surface area (Å²) in [7, 11) is 1.35. The number of nitrogens with two attached hydrogens (primary N) is 1. The summed E-state index contributed by atoms with van der Waals surface area (Å²) in [6.45, 7) is 1.25. The zero-order valence-corrected chi connectivity index (χ0v) is 15.4. The van der Waals surface area contributed by atoms with E-state index < -0.39 is 42.3 Å². The third kappa shape index (κ3) is 3.18. The molecule has 2 heterocycles. The summed E-state index contributed by atoms with van der Waals surface area (Å²) in [5.41, 5.74) is 6.60. The van der Waals surface area contributed by atoms with Gasteiger partial charge in [0.2, 0.25) is 11.8 Å². The number of halogens is 3. The Morgan fingerprint density at radius 3 is 2.69 bits per heavy atom. The largest absolute Gasteiger partial charge is 0.335 e. The number of amides is 2. The van der Waals surface area contributed by atoms with Gasteiger partial charge < -0.3 is 15.5 Å². The Morgan fingerprint density at radius 2 is 2.08 bits per heavy atom. The molecule has 2 saturated heterocycles. The molecule has 5 nitrogen and oxygen atoms in total. The number of carbonyl (C=O) groups excluding carboxylic acids is 2. The van der Waals surface area contributed by atoms with Gasteiger partial charge in [0.15, 0.2) is 0 Å². The molecule has 0 aliphatic carbocycles. The van der Waals surface area contributed by atoms with Crippen LogP contribution in [-0.4, -0.2) is 52.7 Å². The predicted molar refractivity (Wildman–Crippen MR) is 93.8 cm³/mol.